The lowest BCUT2D eigenvalue weighted by atomic mass is 10.0. The number of hydrogen-bond acceptors (Lipinski definition) is 2. The van der Waals surface area contributed by atoms with Gasteiger partial charge in [0.1, 0.15) is 0 Å². The molecule has 4 heteroatoms. The van der Waals surface area contributed by atoms with Gasteiger partial charge in [0.05, 0.1) is 5.92 Å². The number of carbonyl (C=O) groups excluding carboxylic acids is 1. The molecule has 0 aliphatic rings. The number of hydrogen-bond donors (Lipinski definition) is 1. The second-order valence-electron chi connectivity index (χ2n) is 4.59. The maximum atomic E-state index is 12.4. The summed E-state index contributed by atoms with van der Waals surface area (Å²) in [5.41, 5.74) is 1.67. The number of benzene rings is 1. The van der Waals surface area contributed by atoms with Gasteiger partial charge in [0.2, 0.25) is 0 Å². The molecule has 1 aromatic carbocycles. The lowest BCUT2D eigenvalue weighted by Gasteiger charge is -2.24. The Morgan fingerprint density at radius 2 is 1.89 bits per heavy atom. The summed E-state index contributed by atoms with van der Waals surface area (Å²) in [4.78, 5) is 24.9. The van der Waals surface area contributed by atoms with Crippen molar-refractivity contribution >= 4 is 11.9 Å². The Labute approximate surface area is 114 Å². The summed E-state index contributed by atoms with van der Waals surface area (Å²) >= 11 is 0. The predicted molar refractivity (Wildman–Crippen MR) is 74.2 cm³/mol. The van der Waals surface area contributed by atoms with Crippen LogP contribution in [-0.4, -0.2) is 35.0 Å². The molecule has 1 N–H and O–H groups in total. The van der Waals surface area contributed by atoms with Crippen LogP contribution < -0.4 is 0 Å². The van der Waals surface area contributed by atoms with Crippen LogP contribution in [0.25, 0.3) is 0 Å². The highest BCUT2D eigenvalue weighted by Gasteiger charge is 2.21. The molecule has 1 rings (SSSR count). The molecule has 19 heavy (non-hydrogen) atoms. The minimum Gasteiger partial charge on any atom is -0.481 e. The molecule has 0 radical (unpaired) electrons. The molecule has 4 nitrogen and oxygen atoms in total. The first-order valence-corrected chi connectivity index (χ1v) is 6.61. The van der Waals surface area contributed by atoms with Crippen LogP contribution in [0, 0.1) is 5.92 Å². The summed E-state index contributed by atoms with van der Waals surface area (Å²) in [7, 11) is 0. The van der Waals surface area contributed by atoms with Crippen molar-refractivity contribution in [2.24, 2.45) is 5.92 Å². The molecule has 0 aromatic heterocycles. The van der Waals surface area contributed by atoms with Crippen LogP contribution in [0.3, 0.4) is 0 Å². The fraction of sp³-hybridized carbons (Fsp3) is 0.467. The summed E-state index contributed by atoms with van der Waals surface area (Å²) in [5.74, 6) is -1.53. The number of carbonyl (C=O) groups is 2. The fourth-order valence-electron chi connectivity index (χ4n) is 1.97. The Morgan fingerprint density at radius 1 is 1.26 bits per heavy atom. The summed E-state index contributed by atoms with van der Waals surface area (Å²) in [6.45, 7) is 6.23. The van der Waals surface area contributed by atoms with E-state index in [1.165, 1.54) is 0 Å². The quantitative estimate of drug-likeness (QED) is 0.857. The number of carboxylic acid groups (broad SMARTS) is 1. The van der Waals surface area contributed by atoms with Crippen molar-refractivity contribution in [2.45, 2.75) is 27.2 Å². The third-order valence-electron chi connectivity index (χ3n) is 3.21. The van der Waals surface area contributed by atoms with Crippen LogP contribution in [-0.2, 0) is 11.2 Å². The van der Waals surface area contributed by atoms with E-state index < -0.39 is 11.9 Å². The first-order valence-electron chi connectivity index (χ1n) is 6.61. The highest BCUT2D eigenvalue weighted by molar-refractivity contribution is 5.95. The van der Waals surface area contributed by atoms with Gasteiger partial charge in [-0.3, -0.25) is 9.59 Å². The van der Waals surface area contributed by atoms with E-state index in [2.05, 4.69) is 0 Å². The molecule has 1 atom stereocenters. The van der Waals surface area contributed by atoms with Gasteiger partial charge >= 0.3 is 5.97 Å². The Kier molecular flexibility index (Phi) is 5.55. The lowest BCUT2D eigenvalue weighted by Crippen LogP contribution is -2.37. The van der Waals surface area contributed by atoms with Gasteiger partial charge in [-0.25, -0.2) is 0 Å². The summed E-state index contributed by atoms with van der Waals surface area (Å²) in [5, 5.41) is 8.94. The van der Waals surface area contributed by atoms with Gasteiger partial charge in [0, 0.05) is 18.7 Å². The monoisotopic (exact) mass is 263 g/mol. The molecule has 0 fully saturated rings. The van der Waals surface area contributed by atoms with Crippen LogP contribution >= 0.6 is 0 Å². The molecule has 104 valence electrons. The summed E-state index contributed by atoms with van der Waals surface area (Å²) < 4.78 is 0. The topological polar surface area (TPSA) is 57.6 Å². The first kappa shape index (κ1) is 15.2. The van der Waals surface area contributed by atoms with Crippen molar-refractivity contribution in [3.8, 4) is 0 Å². The third kappa shape index (κ3) is 3.81. The zero-order valence-electron chi connectivity index (χ0n) is 11.7. The number of aryl methyl sites for hydroxylation is 1. The maximum Gasteiger partial charge on any atom is 0.308 e. The molecule has 0 saturated heterocycles. The largest absolute Gasteiger partial charge is 0.481 e. The van der Waals surface area contributed by atoms with Gasteiger partial charge in [-0.05, 0) is 25.0 Å². The molecule has 0 spiro atoms. The highest BCUT2D eigenvalue weighted by Crippen LogP contribution is 2.13. The molecule has 0 saturated carbocycles. The fourth-order valence-corrected chi connectivity index (χ4v) is 1.97. The predicted octanol–water partition coefficient (Wildman–Crippen LogP) is 2.43. The normalized spacial score (nSPS) is 11.9. The van der Waals surface area contributed by atoms with Crippen LogP contribution in [0.15, 0.2) is 24.3 Å². The summed E-state index contributed by atoms with van der Waals surface area (Å²) in [6, 6.07) is 7.48. The zero-order valence-corrected chi connectivity index (χ0v) is 11.7. The van der Waals surface area contributed by atoms with Gasteiger partial charge in [0.25, 0.3) is 5.91 Å². The molecule has 0 aliphatic heterocycles. The molecule has 1 unspecified atom stereocenters. The van der Waals surface area contributed by atoms with Crippen LogP contribution in [0.2, 0.25) is 0 Å². The van der Waals surface area contributed by atoms with Gasteiger partial charge in [-0.2, -0.15) is 0 Å². The number of nitrogens with zero attached hydrogens (tertiary/aromatic N) is 1. The van der Waals surface area contributed by atoms with E-state index >= 15 is 0 Å². The molecular weight excluding hydrogens is 242 g/mol. The van der Waals surface area contributed by atoms with E-state index in [0.717, 1.165) is 12.0 Å². The van der Waals surface area contributed by atoms with Crippen LogP contribution in [0.4, 0.5) is 0 Å². The van der Waals surface area contributed by atoms with Crippen LogP contribution in [0.1, 0.15) is 36.7 Å². The van der Waals surface area contributed by atoms with Crippen molar-refractivity contribution in [1.29, 1.82) is 0 Å². The Hall–Kier alpha value is -1.84. The van der Waals surface area contributed by atoms with E-state index in [0.29, 0.717) is 12.1 Å². The van der Waals surface area contributed by atoms with Crippen molar-refractivity contribution in [2.75, 3.05) is 13.1 Å². The van der Waals surface area contributed by atoms with Gasteiger partial charge in [-0.1, -0.05) is 32.0 Å². The van der Waals surface area contributed by atoms with Crippen molar-refractivity contribution < 1.29 is 14.7 Å². The Balaban J connectivity index is 2.92. The second-order valence-corrected chi connectivity index (χ2v) is 4.59. The summed E-state index contributed by atoms with van der Waals surface area (Å²) in [6.07, 6.45) is 0.786. The highest BCUT2D eigenvalue weighted by atomic mass is 16.4. The zero-order chi connectivity index (χ0) is 14.4. The standard InChI is InChI=1S/C15H21NO3/c1-4-12-8-6-7-9-13(12)14(17)16(5-2)10-11(3)15(18)19/h6-9,11H,4-5,10H2,1-3H3,(H,18,19). The minimum atomic E-state index is -0.880. The van der Waals surface area contributed by atoms with Crippen molar-refractivity contribution in [3.05, 3.63) is 35.4 Å². The van der Waals surface area contributed by atoms with E-state index in [1.807, 2.05) is 32.0 Å². The van der Waals surface area contributed by atoms with Gasteiger partial charge in [0.15, 0.2) is 0 Å². The van der Waals surface area contributed by atoms with E-state index in [4.69, 9.17) is 5.11 Å². The molecule has 0 heterocycles. The lowest BCUT2D eigenvalue weighted by molar-refractivity contribution is -0.141. The number of rotatable bonds is 6. The van der Waals surface area contributed by atoms with Crippen molar-refractivity contribution in [3.63, 3.8) is 0 Å². The second kappa shape index (κ2) is 6.92. The van der Waals surface area contributed by atoms with E-state index in [1.54, 1.807) is 17.9 Å². The molecular formula is C15H21NO3. The average molecular weight is 263 g/mol. The smallest absolute Gasteiger partial charge is 0.308 e. The number of carboxylic acids is 1. The minimum absolute atomic E-state index is 0.0898. The Morgan fingerprint density at radius 3 is 2.42 bits per heavy atom. The molecule has 0 bridgehead atoms. The SMILES string of the molecule is CCc1ccccc1C(=O)N(CC)CC(C)C(=O)O. The number of aliphatic carboxylic acids is 1. The third-order valence-corrected chi connectivity index (χ3v) is 3.21. The molecule has 1 aromatic rings. The Bertz CT molecular complexity index is 456. The maximum absolute atomic E-state index is 12.4. The van der Waals surface area contributed by atoms with Crippen LogP contribution in [0.5, 0.6) is 0 Å². The van der Waals surface area contributed by atoms with E-state index in [-0.39, 0.29) is 12.5 Å². The van der Waals surface area contributed by atoms with E-state index in [9.17, 15) is 9.59 Å². The average Bonchev–Trinajstić information content (AvgIpc) is 2.43. The first-order chi connectivity index (χ1) is 9.01. The van der Waals surface area contributed by atoms with Gasteiger partial charge < -0.3 is 10.0 Å². The molecule has 1 amide bonds. The van der Waals surface area contributed by atoms with Crippen molar-refractivity contribution in [1.82, 2.24) is 4.90 Å². The molecule has 0 aliphatic carbocycles. The number of amides is 1. The van der Waals surface area contributed by atoms with Gasteiger partial charge in [-0.15, -0.1) is 0 Å².